The molecule has 3 nitrogen and oxygen atoms in total. The Kier molecular flexibility index (Phi) is 5.50. The third kappa shape index (κ3) is 3.84. The van der Waals surface area contributed by atoms with Gasteiger partial charge in [0.1, 0.15) is 10.5 Å². The van der Waals surface area contributed by atoms with Crippen LogP contribution in [-0.2, 0) is 13.0 Å². The van der Waals surface area contributed by atoms with E-state index in [1.54, 1.807) is 0 Å². The Bertz CT molecular complexity index is 1190. The van der Waals surface area contributed by atoms with Crippen LogP contribution >= 0.6 is 11.3 Å². The summed E-state index contributed by atoms with van der Waals surface area (Å²) in [5.41, 5.74) is 4.54. The minimum absolute atomic E-state index is 0.0669. The number of aryl methyl sites for hydroxylation is 1. The second-order valence-electron chi connectivity index (χ2n) is 8.22. The highest BCUT2D eigenvalue weighted by Gasteiger charge is 2.17. The van der Waals surface area contributed by atoms with Crippen LogP contribution < -0.4 is 5.56 Å². The summed E-state index contributed by atoms with van der Waals surface area (Å²) in [4.78, 5) is 18.1. The zero-order chi connectivity index (χ0) is 20.3. The Morgan fingerprint density at radius 3 is 2.47 bits per heavy atom. The smallest absolute Gasteiger partial charge is 0.271 e. The second kappa shape index (κ2) is 8.57. The molecule has 5 rings (SSSR count). The van der Waals surface area contributed by atoms with Crippen molar-refractivity contribution in [3.8, 4) is 11.4 Å². The summed E-state index contributed by atoms with van der Waals surface area (Å²) in [5, 5.41) is 1.95. The molecule has 0 N–H and O–H groups in total. The third-order valence-electron chi connectivity index (χ3n) is 6.28. The van der Waals surface area contributed by atoms with Gasteiger partial charge in [0, 0.05) is 12.1 Å². The first-order valence-corrected chi connectivity index (χ1v) is 11.8. The van der Waals surface area contributed by atoms with E-state index in [-0.39, 0.29) is 5.56 Å². The fourth-order valence-electron chi connectivity index (χ4n) is 4.60. The maximum absolute atomic E-state index is 13.3. The van der Waals surface area contributed by atoms with E-state index in [4.69, 9.17) is 4.98 Å². The Hall–Kier alpha value is -2.72. The van der Waals surface area contributed by atoms with Gasteiger partial charge in [0.2, 0.25) is 0 Å². The number of nitrogens with zero attached hydrogens (tertiary/aromatic N) is 2. The van der Waals surface area contributed by atoms with Gasteiger partial charge in [0.25, 0.3) is 5.56 Å². The van der Waals surface area contributed by atoms with Crippen molar-refractivity contribution in [2.75, 3.05) is 0 Å². The first kappa shape index (κ1) is 19.3. The molecule has 1 fully saturated rings. The Morgan fingerprint density at radius 2 is 1.70 bits per heavy atom. The standard InChI is InChI=1S/C26H26N2OS/c29-26-24-23(16-18-30-24)27-25(28(26)17-15-19-7-3-1-4-8-19)22-13-11-21(12-14-22)20-9-5-2-6-10-20/h1,3-4,7-8,11-14,16,18,20H,2,5-6,9-10,15,17H2. The number of rotatable bonds is 5. The van der Waals surface area contributed by atoms with Crippen LogP contribution in [0.1, 0.15) is 49.1 Å². The fraction of sp³-hybridized carbons (Fsp3) is 0.308. The minimum Gasteiger partial charge on any atom is -0.291 e. The van der Waals surface area contributed by atoms with Crippen LogP contribution in [0, 0.1) is 0 Å². The minimum atomic E-state index is 0.0669. The van der Waals surface area contributed by atoms with Crippen LogP contribution in [0.2, 0.25) is 0 Å². The van der Waals surface area contributed by atoms with E-state index in [2.05, 4.69) is 36.4 Å². The molecule has 30 heavy (non-hydrogen) atoms. The lowest BCUT2D eigenvalue weighted by Crippen LogP contribution is -2.23. The van der Waals surface area contributed by atoms with Crippen molar-refractivity contribution >= 4 is 21.6 Å². The molecule has 1 aliphatic carbocycles. The molecule has 0 spiro atoms. The van der Waals surface area contributed by atoms with Gasteiger partial charge in [-0.1, -0.05) is 73.9 Å². The van der Waals surface area contributed by atoms with E-state index in [0.29, 0.717) is 12.5 Å². The van der Waals surface area contributed by atoms with E-state index < -0.39 is 0 Å². The lowest BCUT2D eigenvalue weighted by atomic mass is 9.84. The van der Waals surface area contributed by atoms with Crippen LogP contribution in [0.5, 0.6) is 0 Å². The van der Waals surface area contributed by atoms with Crippen molar-refractivity contribution in [2.45, 2.75) is 51.0 Å². The summed E-state index contributed by atoms with van der Waals surface area (Å²) >= 11 is 1.48. The number of aromatic nitrogens is 2. The Labute approximate surface area is 181 Å². The molecule has 0 unspecified atom stereocenters. The largest absolute Gasteiger partial charge is 0.291 e. The van der Waals surface area contributed by atoms with E-state index in [0.717, 1.165) is 28.0 Å². The quantitative estimate of drug-likeness (QED) is 0.378. The van der Waals surface area contributed by atoms with Gasteiger partial charge in [-0.05, 0) is 47.8 Å². The van der Waals surface area contributed by atoms with Crippen molar-refractivity contribution in [1.82, 2.24) is 9.55 Å². The van der Waals surface area contributed by atoms with Crippen molar-refractivity contribution in [1.29, 1.82) is 0 Å². The molecule has 2 aromatic heterocycles. The maximum Gasteiger partial charge on any atom is 0.271 e. The first-order chi connectivity index (χ1) is 14.8. The van der Waals surface area contributed by atoms with Gasteiger partial charge >= 0.3 is 0 Å². The molecule has 4 heteroatoms. The van der Waals surface area contributed by atoms with Gasteiger partial charge in [-0.25, -0.2) is 4.98 Å². The van der Waals surface area contributed by atoms with Gasteiger partial charge in [-0.15, -0.1) is 11.3 Å². The van der Waals surface area contributed by atoms with Gasteiger partial charge in [0.15, 0.2) is 0 Å². The lowest BCUT2D eigenvalue weighted by Gasteiger charge is -2.22. The molecule has 0 amide bonds. The molecule has 1 saturated carbocycles. The fourth-order valence-corrected chi connectivity index (χ4v) is 5.38. The molecule has 0 bridgehead atoms. The number of hydrogen-bond donors (Lipinski definition) is 0. The van der Waals surface area contributed by atoms with Gasteiger partial charge < -0.3 is 0 Å². The maximum atomic E-state index is 13.3. The monoisotopic (exact) mass is 414 g/mol. The molecule has 2 heterocycles. The van der Waals surface area contributed by atoms with Crippen LogP contribution in [0.15, 0.2) is 70.8 Å². The average molecular weight is 415 g/mol. The Balaban J connectivity index is 1.51. The van der Waals surface area contributed by atoms with Crippen LogP contribution in [0.25, 0.3) is 21.6 Å². The summed E-state index contributed by atoms with van der Waals surface area (Å²) in [7, 11) is 0. The molecular weight excluding hydrogens is 388 g/mol. The van der Waals surface area contributed by atoms with E-state index in [1.807, 2.05) is 34.2 Å². The van der Waals surface area contributed by atoms with Crippen LogP contribution in [0.3, 0.4) is 0 Å². The Morgan fingerprint density at radius 1 is 0.933 bits per heavy atom. The number of thiophene rings is 1. The highest BCUT2D eigenvalue weighted by atomic mass is 32.1. The molecule has 4 aromatic rings. The molecule has 0 aliphatic heterocycles. The topological polar surface area (TPSA) is 34.9 Å². The van der Waals surface area contributed by atoms with Gasteiger partial charge in [-0.2, -0.15) is 0 Å². The lowest BCUT2D eigenvalue weighted by molar-refractivity contribution is 0.443. The summed E-state index contributed by atoms with van der Waals surface area (Å²) in [6, 6.07) is 21.1. The van der Waals surface area contributed by atoms with Crippen LogP contribution in [-0.4, -0.2) is 9.55 Å². The molecule has 0 atom stereocenters. The van der Waals surface area contributed by atoms with Crippen molar-refractivity contribution in [3.05, 3.63) is 87.5 Å². The predicted octanol–water partition coefficient (Wildman–Crippen LogP) is 6.42. The summed E-state index contributed by atoms with van der Waals surface area (Å²) in [5.74, 6) is 1.46. The van der Waals surface area contributed by atoms with Crippen molar-refractivity contribution in [3.63, 3.8) is 0 Å². The highest BCUT2D eigenvalue weighted by Crippen LogP contribution is 2.33. The first-order valence-electron chi connectivity index (χ1n) is 10.9. The van der Waals surface area contributed by atoms with Gasteiger partial charge in [0.05, 0.1) is 5.52 Å². The van der Waals surface area contributed by atoms with Crippen molar-refractivity contribution < 1.29 is 0 Å². The second-order valence-corrected chi connectivity index (χ2v) is 9.14. The average Bonchev–Trinajstić information content (AvgIpc) is 3.29. The SMILES string of the molecule is O=c1c2sccc2nc(-c2ccc(C3CCCCC3)cc2)n1CCc1ccccc1. The summed E-state index contributed by atoms with van der Waals surface area (Å²) in [6.45, 7) is 0.628. The number of benzene rings is 2. The van der Waals surface area contributed by atoms with E-state index >= 15 is 0 Å². The molecule has 1 aliphatic rings. The van der Waals surface area contributed by atoms with E-state index in [9.17, 15) is 4.79 Å². The summed E-state index contributed by atoms with van der Waals surface area (Å²) < 4.78 is 2.60. The van der Waals surface area contributed by atoms with Crippen molar-refractivity contribution in [2.24, 2.45) is 0 Å². The molecule has 0 radical (unpaired) electrons. The molecule has 0 saturated heterocycles. The molecule has 152 valence electrons. The van der Waals surface area contributed by atoms with E-state index in [1.165, 1.54) is 54.6 Å². The number of fused-ring (bicyclic) bond motifs is 1. The summed E-state index contributed by atoms with van der Waals surface area (Å²) in [6.07, 6.45) is 7.43. The third-order valence-corrected chi connectivity index (χ3v) is 7.17. The normalized spacial score (nSPS) is 14.9. The van der Waals surface area contributed by atoms with Gasteiger partial charge in [-0.3, -0.25) is 9.36 Å². The zero-order valence-corrected chi connectivity index (χ0v) is 17.9. The highest BCUT2D eigenvalue weighted by molar-refractivity contribution is 7.17. The molecule has 2 aromatic carbocycles. The number of hydrogen-bond acceptors (Lipinski definition) is 3. The zero-order valence-electron chi connectivity index (χ0n) is 17.1. The predicted molar refractivity (Wildman–Crippen MR) is 125 cm³/mol. The molecular formula is C26H26N2OS. The van der Waals surface area contributed by atoms with Crippen LogP contribution in [0.4, 0.5) is 0 Å².